The lowest BCUT2D eigenvalue weighted by atomic mass is 10.00. The molecule has 2 aromatic heterocycles. The molecule has 3 heterocycles. The fourth-order valence-electron chi connectivity index (χ4n) is 7.82. The predicted octanol–water partition coefficient (Wildman–Crippen LogP) is 11.0. The summed E-state index contributed by atoms with van der Waals surface area (Å²) in [6, 6.07) is 60.1. The molecule has 51 heavy (non-hydrogen) atoms. The number of para-hydroxylation sites is 2. The van der Waals surface area contributed by atoms with Crippen LogP contribution in [0.1, 0.15) is 29.0 Å². The maximum atomic E-state index is 6.58. The molecule has 0 saturated carbocycles. The maximum absolute atomic E-state index is 6.58. The van der Waals surface area contributed by atoms with Gasteiger partial charge in [0.25, 0.3) is 0 Å². The van der Waals surface area contributed by atoms with Crippen LogP contribution >= 0.6 is 0 Å². The van der Waals surface area contributed by atoms with E-state index in [-0.39, 0.29) is 12.3 Å². The first-order chi connectivity index (χ1) is 25.2. The van der Waals surface area contributed by atoms with Crippen LogP contribution in [0.5, 0.6) is 0 Å². The van der Waals surface area contributed by atoms with Crippen molar-refractivity contribution in [1.29, 1.82) is 0 Å². The van der Waals surface area contributed by atoms with Crippen molar-refractivity contribution in [3.63, 3.8) is 0 Å². The third-order valence-corrected chi connectivity index (χ3v) is 10.3. The monoisotopic (exact) mass is 658 g/mol. The molecule has 0 radical (unpaired) electrons. The molecule has 244 valence electrons. The van der Waals surface area contributed by atoms with Crippen LogP contribution in [0.2, 0.25) is 0 Å². The average molecular weight is 659 g/mol. The van der Waals surface area contributed by atoms with E-state index in [0.29, 0.717) is 0 Å². The van der Waals surface area contributed by atoms with Gasteiger partial charge >= 0.3 is 0 Å². The zero-order valence-electron chi connectivity index (χ0n) is 28.1. The predicted molar refractivity (Wildman–Crippen MR) is 209 cm³/mol. The first-order valence-corrected chi connectivity index (χ1v) is 17.4. The quantitative estimate of drug-likeness (QED) is 0.200. The van der Waals surface area contributed by atoms with Crippen molar-refractivity contribution >= 4 is 49.6 Å². The molecule has 5 nitrogen and oxygen atoms in total. The van der Waals surface area contributed by atoms with Crippen LogP contribution < -0.4 is 5.32 Å². The number of amidine groups is 1. The average Bonchev–Trinajstić information content (AvgIpc) is 3.75. The number of hydrogen-bond acceptors (Lipinski definition) is 4. The smallest absolute Gasteiger partial charge is 0.160 e. The number of hydrogen-bond donors (Lipinski definition) is 1. The highest BCUT2D eigenvalue weighted by atomic mass is 16.3. The summed E-state index contributed by atoms with van der Waals surface area (Å²) in [4.78, 5) is 7.63. The third kappa shape index (κ3) is 4.85. The van der Waals surface area contributed by atoms with Gasteiger partial charge in [0.15, 0.2) is 5.58 Å². The van der Waals surface area contributed by atoms with Crippen LogP contribution in [0.15, 0.2) is 179 Å². The van der Waals surface area contributed by atoms with Gasteiger partial charge in [0, 0.05) is 32.8 Å². The minimum absolute atomic E-state index is 0.114. The number of furan rings is 1. The van der Waals surface area contributed by atoms with Gasteiger partial charge in [0.05, 0.1) is 11.0 Å². The van der Waals surface area contributed by atoms with Crippen LogP contribution in [-0.2, 0) is 0 Å². The molecule has 0 amide bonds. The van der Waals surface area contributed by atoms with Crippen LogP contribution in [0, 0.1) is 0 Å². The van der Waals surface area contributed by atoms with Crippen LogP contribution in [0.25, 0.3) is 60.6 Å². The normalized spacial score (nSPS) is 16.5. The van der Waals surface area contributed by atoms with Gasteiger partial charge in [-0.1, -0.05) is 133 Å². The molecular formula is C46H34N4O. The number of nitrogens with one attached hydrogen (secondary N) is 1. The molecule has 1 aliphatic rings. The van der Waals surface area contributed by atoms with E-state index in [9.17, 15) is 0 Å². The van der Waals surface area contributed by atoms with Crippen molar-refractivity contribution in [3.8, 4) is 16.8 Å². The van der Waals surface area contributed by atoms with Crippen molar-refractivity contribution < 1.29 is 4.42 Å². The Labute approximate surface area is 295 Å². The zero-order chi connectivity index (χ0) is 33.9. The molecule has 0 saturated heterocycles. The molecule has 0 bridgehead atoms. The summed E-state index contributed by atoms with van der Waals surface area (Å²) >= 11 is 0. The van der Waals surface area contributed by atoms with E-state index in [2.05, 4.69) is 180 Å². The summed E-state index contributed by atoms with van der Waals surface area (Å²) < 4.78 is 8.94. The molecule has 9 aromatic rings. The van der Waals surface area contributed by atoms with Crippen LogP contribution in [-0.4, -0.2) is 22.4 Å². The molecule has 0 fully saturated rings. The van der Waals surface area contributed by atoms with E-state index in [0.717, 1.165) is 61.2 Å². The summed E-state index contributed by atoms with van der Waals surface area (Å²) in [5.74, 6) is 0.882. The highest BCUT2D eigenvalue weighted by Gasteiger charge is 2.31. The molecule has 0 spiro atoms. The highest BCUT2D eigenvalue weighted by Crippen LogP contribution is 2.41. The molecule has 5 heteroatoms. The van der Waals surface area contributed by atoms with Gasteiger partial charge in [-0.15, -0.1) is 0 Å². The van der Waals surface area contributed by atoms with E-state index >= 15 is 0 Å². The first-order valence-electron chi connectivity index (χ1n) is 17.4. The fraction of sp³-hybridized carbons (Fsp3) is 0.0652. The van der Waals surface area contributed by atoms with E-state index in [1.165, 1.54) is 21.9 Å². The SMILES string of the molecule is CN1C(c2cccc(-c3ccccc3)c2)N=C(c2ccccc2)NC1c1ccc(-n2c3ccccc3c3ccc4c5ccccc5oc4c32)cc1. The molecule has 10 rings (SSSR count). The summed E-state index contributed by atoms with van der Waals surface area (Å²) in [5.41, 5.74) is 10.9. The molecule has 0 aliphatic carbocycles. The largest absolute Gasteiger partial charge is 0.454 e. The lowest BCUT2D eigenvalue weighted by Crippen LogP contribution is -2.45. The summed E-state index contributed by atoms with van der Waals surface area (Å²) in [7, 11) is 2.15. The lowest BCUT2D eigenvalue weighted by Gasteiger charge is -2.39. The van der Waals surface area contributed by atoms with Gasteiger partial charge in [-0.05, 0) is 65.7 Å². The van der Waals surface area contributed by atoms with Crippen molar-refractivity contribution in [2.45, 2.75) is 12.3 Å². The van der Waals surface area contributed by atoms with Gasteiger partial charge in [-0.2, -0.15) is 0 Å². The molecular weight excluding hydrogens is 625 g/mol. The second-order valence-electron chi connectivity index (χ2n) is 13.3. The van der Waals surface area contributed by atoms with Gasteiger partial charge in [-0.25, -0.2) is 4.99 Å². The summed E-state index contributed by atoms with van der Waals surface area (Å²) in [5, 5.41) is 8.43. The topological polar surface area (TPSA) is 45.7 Å². The van der Waals surface area contributed by atoms with Gasteiger partial charge in [-0.3, -0.25) is 4.90 Å². The molecule has 2 unspecified atom stereocenters. The summed E-state index contributed by atoms with van der Waals surface area (Å²) in [6.07, 6.45) is -0.300. The minimum atomic E-state index is -0.187. The molecule has 1 N–H and O–H groups in total. The van der Waals surface area contributed by atoms with Crippen LogP contribution in [0.4, 0.5) is 0 Å². The number of aliphatic imine (C=N–C) groups is 1. The number of rotatable bonds is 5. The number of benzene rings is 7. The second-order valence-corrected chi connectivity index (χ2v) is 13.3. The Morgan fingerprint density at radius 2 is 1.22 bits per heavy atom. The Hall–Kier alpha value is -6.43. The molecule has 2 atom stereocenters. The Morgan fingerprint density at radius 3 is 2.02 bits per heavy atom. The molecule has 1 aliphatic heterocycles. The van der Waals surface area contributed by atoms with Crippen molar-refractivity contribution in [2.24, 2.45) is 4.99 Å². The van der Waals surface area contributed by atoms with E-state index in [4.69, 9.17) is 9.41 Å². The Kier molecular flexibility index (Phi) is 6.86. The Bertz CT molecular complexity index is 2740. The van der Waals surface area contributed by atoms with Crippen molar-refractivity contribution in [1.82, 2.24) is 14.8 Å². The van der Waals surface area contributed by atoms with Gasteiger partial charge < -0.3 is 14.3 Å². The minimum Gasteiger partial charge on any atom is -0.454 e. The first kappa shape index (κ1) is 29.5. The van der Waals surface area contributed by atoms with Gasteiger partial charge in [0.1, 0.15) is 23.8 Å². The van der Waals surface area contributed by atoms with Crippen LogP contribution in [0.3, 0.4) is 0 Å². The van der Waals surface area contributed by atoms with Crippen molar-refractivity contribution in [3.05, 3.63) is 187 Å². The number of fused-ring (bicyclic) bond motifs is 7. The van der Waals surface area contributed by atoms with E-state index < -0.39 is 0 Å². The standard InChI is InChI=1S/C46H34N4O/c1-49-45(47-44(31-15-6-3-7-16-31)48-46(49)34-18-12-17-33(29-34)30-13-4-2-5-14-30)32-23-25-35(26-24-32)50-40-21-10-8-19-36(40)38-27-28-39-37-20-9-11-22-41(37)51-43(39)42(38)50/h2-29,45-46H,1H3,(H,47,48). The van der Waals surface area contributed by atoms with E-state index in [1.807, 2.05) is 12.1 Å². The second kappa shape index (κ2) is 11.9. The third-order valence-electron chi connectivity index (χ3n) is 10.3. The maximum Gasteiger partial charge on any atom is 0.160 e. The lowest BCUT2D eigenvalue weighted by molar-refractivity contribution is 0.152. The number of aromatic nitrogens is 1. The highest BCUT2D eigenvalue weighted by molar-refractivity contribution is 6.21. The van der Waals surface area contributed by atoms with Gasteiger partial charge in [0.2, 0.25) is 0 Å². The Balaban J connectivity index is 1.08. The van der Waals surface area contributed by atoms with Crippen molar-refractivity contribution in [2.75, 3.05) is 7.05 Å². The van der Waals surface area contributed by atoms with E-state index in [1.54, 1.807) is 0 Å². The number of nitrogens with zero attached hydrogens (tertiary/aromatic N) is 3. The Morgan fingerprint density at radius 1 is 0.549 bits per heavy atom. The fourth-order valence-corrected chi connectivity index (χ4v) is 7.82. The summed E-state index contributed by atoms with van der Waals surface area (Å²) in [6.45, 7) is 0. The molecule has 7 aromatic carbocycles. The zero-order valence-corrected chi connectivity index (χ0v) is 28.1.